The van der Waals surface area contributed by atoms with Crippen LogP contribution in [-0.2, 0) is 17.8 Å². The zero-order chi connectivity index (χ0) is 18.1. The fraction of sp³-hybridized carbons (Fsp3) is 0.136. The quantitative estimate of drug-likeness (QED) is 0.553. The van der Waals surface area contributed by atoms with Crippen LogP contribution in [0.3, 0.4) is 0 Å². The van der Waals surface area contributed by atoms with Crippen LogP contribution in [0, 0.1) is 0 Å². The summed E-state index contributed by atoms with van der Waals surface area (Å²) >= 11 is 12.2. The van der Waals surface area contributed by atoms with Crippen LogP contribution >= 0.6 is 23.2 Å². The van der Waals surface area contributed by atoms with Gasteiger partial charge in [0.25, 0.3) is 0 Å². The summed E-state index contributed by atoms with van der Waals surface area (Å²) in [6.45, 7) is 0.561. The second-order valence-corrected chi connectivity index (χ2v) is 7.37. The third-order valence-electron chi connectivity index (χ3n) is 4.76. The highest BCUT2D eigenvalue weighted by Gasteiger charge is 2.37. The average Bonchev–Trinajstić information content (AvgIpc) is 2.89. The Morgan fingerprint density at radius 1 is 0.808 bits per heavy atom. The van der Waals surface area contributed by atoms with Crippen molar-refractivity contribution in [3.8, 4) is 0 Å². The molecule has 1 heterocycles. The second-order valence-electron chi connectivity index (χ2n) is 6.50. The van der Waals surface area contributed by atoms with Gasteiger partial charge in [0.1, 0.15) is 0 Å². The number of carbonyl (C=O) groups excluding carboxylic acids is 1. The lowest BCUT2D eigenvalue weighted by Gasteiger charge is -2.18. The van der Waals surface area contributed by atoms with E-state index in [4.69, 9.17) is 23.2 Å². The van der Waals surface area contributed by atoms with Crippen LogP contribution < -0.4 is 4.90 Å². The minimum atomic E-state index is -0.228. The Morgan fingerprint density at radius 3 is 2.23 bits per heavy atom. The fourth-order valence-electron chi connectivity index (χ4n) is 3.47. The first-order valence-electron chi connectivity index (χ1n) is 8.51. The highest BCUT2D eigenvalue weighted by Crippen LogP contribution is 2.41. The number of halogens is 2. The molecule has 1 unspecified atom stereocenters. The lowest BCUT2D eigenvalue weighted by atomic mass is 9.93. The van der Waals surface area contributed by atoms with Gasteiger partial charge < -0.3 is 4.90 Å². The molecule has 130 valence electrons. The van der Waals surface area contributed by atoms with E-state index in [-0.39, 0.29) is 11.8 Å². The Labute approximate surface area is 163 Å². The zero-order valence-corrected chi connectivity index (χ0v) is 15.5. The van der Waals surface area contributed by atoms with Crippen molar-refractivity contribution in [2.45, 2.75) is 18.9 Å². The lowest BCUT2D eigenvalue weighted by Crippen LogP contribution is -2.28. The number of anilines is 1. The molecule has 0 saturated heterocycles. The number of rotatable bonds is 4. The van der Waals surface area contributed by atoms with E-state index in [0.29, 0.717) is 23.0 Å². The van der Waals surface area contributed by atoms with Crippen LogP contribution in [0.5, 0.6) is 0 Å². The van der Waals surface area contributed by atoms with Crippen LogP contribution in [0.1, 0.15) is 22.6 Å². The predicted octanol–water partition coefficient (Wildman–Crippen LogP) is 5.87. The molecule has 3 aromatic rings. The van der Waals surface area contributed by atoms with Gasteiger partial charge in [-0.15, -0.1) is 0 Å². The molecule has 0 N–H and O–H groups in total. The van der Waals surface area contributed by atoms with Gasteiger partial charge >= 0.3 is 0 Å². The molecule has 2 nitrogen and oxygen atoms in total. The molecule has 1 aliphatic heterocycles. The lowest BCUT2D eigenvalue weighted by molar-refractivity contribution is -0.119. The van der Waals surface area contributed by atoms with Crippen molar-refractivity contribution < 1.29 is 4.79 Å². The van der Waals surface area contributed by atoms with E-state index in [1.807, 2.05) is 77.7 Å². The van der Waals surface area contributed by atoms with Crippen LogP contribution in [0.2, 0.25) is 10.0 Å². The zero-order valence-electron chi connectivity index (χ0n) is 14.0. The first-order chi connectivity index (χ1) is 12.6. The minimum absolute atomic E-state index is 0.112. The molecule has 1 aliphatic rings. The van der Waals surface area contributed by atoms with E-state index >= 15 is 0 Å². The molecule has 1 amide bonds. The summed E-state index contributed by atoms with van der Waals surface area (Å²) in [6.07, 6.45) is 0.634. The Balaban J connectivity index is 1.68. The van der Waals surface area contributed by atoms with Crippen molar-refractivity contribution in [3.63, 3.8) is 0 Å². The molecule has 0 fully saturated rings. The van der Waals surface area contributed by atoms with E-state index in [0.717, 1.165) is 22.4 Å². The van der Waals surface area contributed by atoms with E-state index in [1.165, 1.54) is 0 Å². The molecule has 26 heavy (non-hydrogen) atoms. The molecular weight excluding hydrogens is 365 g/mol. The summed E-state index contributed by atoms with van der Waals surface area (Å²) in [4.78, 5) is 15.1. The van der Waals surface area contributed by atoms with Crippen LogP contribution in [-0.4, -0.2) is 5.91 Å². The Kier molecular flexibility index (Phi) is 4.71. The van der Waals surface area contributed by atoms with Crippen molar-refractivity contribution in [2.75, 3.05) is 4.90 Å². The van der Waals surface area contributed by atoms with E-state index in [2.05, 4.69) is 0 Å². The van der Waals surface area contributed by atoms with E-state index in [9.17, 15) is 4.79 Å². The third kappa shape index (κ3) is 3.35. The summed E-state index contributed by atoms with van der Waals surface area (Å²) in [5.41, 5.74) is 4.13. The van der Waals surface area contributed by atoms with Crippen molar-refractivity contribution in [3.05, 3.63) is 99.5 Å². The molecule has 0 aliphatic carbocycles. The average molecular weight is 382 g/mol. The van der Waals surface area contributed by atoms with Gasteiger partial charge in [0, 0.05) is 15.7 Å². The minimum Gasteiger partial charge on any atom is -0.307 e. The number of fused-ring (bicyclic) bond motifs is 1. The predicted molar refractivity (Wildman–Crippen MR) is 107 cm³/mol. The molecule has 0 spiro atoms. The molecule has 0 radical (unpaired) electrons. The SMILES string of the molecule is O=C1C(Cc2ccc(Cl)cc2)c2cc(Cl)ccc2N1Cc1ccccc1. The molecule has 1 atom stereocenters. The molecule has 4 rings (SSSR count). The van der Waals surface area contributed by atoms with Gasteiger partial charge in [0.15, 0.2) is 0 Å². The third-order valence-corrected chi connectivity index (χ3v) is 5.24. The van der Waals surface area contributed by atoms with Crippen molar-refractivity contribution in [1.29, 1.82) is 0 Å². The highest BCUT2D eigenvalue weighted by molar-refractivity contribution is 6.31. The molecule has 0 bridgehead atoms. The number of carbonyl (C=O) groups is 1. The molecule has 0 aromatic heterocycles. The topological polar surface area (TPSA) is 20.3 Å². The number of hydrogen-bond donors (Lipinski definition) is 0. The van der Waals surface area contributed by atoms with Gasteiger partial charge in [-0.25, -0.2) is 0 Å². The Hall–Kier alpha value is -2.29. The first-order valence-corrected chi connectivity index (χ1v) is 9.26. The number of hydrogen-bond acceptors (Lipinski definition) is 1. The first kappa shape index (κ1) is 17.1. The molecule has 0 saturated carbocycles. The van der Waals surface area contributed by atoms with Crippen LogP contribution in [0.4, 0.5) is 5.69 Å². The molecule has 4 heteroatoms. The summed E-state index contributed by atoms with van der Waals surface area (Å²) in [5, 5.41) is 1.35. The maximum absolute atomic E-state index is 13.2. The van der Waals surface area contributed by atoms with Gasteiger partial charge in [-0.2, -0.15) is 0 Å². The van der Waals surface area contributed by atoms with Crippen LogP contribution in [0.15, 0.2) is 72.8 Å². The number of nitrogens with zero attached hydrogens (tertiary/aromatic N) is 1. The maximum atomic E-state index is 13.2. The van der Waals surface area contributed by atoms with Gasteiger partial charge in [0.05, 0.1) is 12.5 Å². The fourth-order valence-corrected chi connectivity index (χ4v) is 3.78. The summed E-state index contributed by atoms with van der Waals surface area (Å²) in [7, 11) is 0. The number of benzene rings is 3. The van der Waals surface area contributed by atoms with Crippen molar-refractivity contribution >= 4 is 34.8 Å². The Bertz CT molecular complexity index is 938. The summed E-state index contributed by atoms with van der Waals surface area (Å²) < 4.78 is 0. The van der Waals surface area contributed by atoms with Crippen LogP contribution in [0.25, 0.3) is 0 Å². The second kappa shape index (κ2) is 7.14. The monoisotopic (exact) mass is 381 g/mol. The summed E-state index contributed by atoms with van der Waals surface area (Å²) in [6, 6.07) is 23.4. The van der Waals surface area contributed by atoms with E-state index in [1.54, 1.807) is 0 Å². The van der Waals surface area contributed by atoms with Gasteiger partial charge in [-0.1, -0.05) is 65.7 Å². The standard InChI is InChI=1S/C22H17Cl2NO/c23-17-8-6-15(7-9-17)12-20-19-13-18(24)10-11-21(19)25(22(20)26)14-16-4-2-1-3-5-16/h1-11,13,20H,12,14H2. The summed E-state index contributed by atoms with van der Waals surface area (Å²) in [5.74, 6) is -0.116. The van der Waals surface area contributed by atoms with E-state index < -0.39 is 0 Å². The highest BCUT2D eigenvalue weighted by atomic mass is 35.5. The molecular formula is C22H17Cl2NO. The van der Waals surface area contributed by atoms with Gasteiger partial charge in [-0.3, -0.25) is 4.79 Å². The maximum Gasteiger partial charge on any atom is 0.235 e. The normalized spacial score (nSPS) is 16.0. The van der Waals surface area contributed by atoms with Crippen molar-refractivity contribution in [1.82, 2.24) is 0 Å². The Morgan fingerprint density at radius 2 is 1.50 bits per heavy atom. The van der Waals surface area contributed by atoms with Crippen molar-refractivity contribution in [2.24, 2.45) is 0 Å². The largest absolute Gasteiger partial charge is 0.307 e. The van der Waals surface area contributed by atoms with Gasteiger partial charge in [-0.05, 0) is 53.4 Å². The number of amides is 1. The van der Waals surface area contributed by atoms with Gasteiger partial charge in [0.2, 0.25) is 5.91 Å². The molecule has 3 aromatic carbocycles. The smallest absolute Gasteiger partial charge is 0.235 e.